The first-order chi connectivity index (χ1) is 9.08. The number of benzene rings is 1. The maximum absolute atomic E-state index is 12.2. The second-order valence-electron chi connectivity index (χ2n) is 5.63. The van der Waals surface area contributed by atoms with Crippen molar-refractivity contribution in [2.45, 2.75) is 45.6 Å². The van der Waals surface area contributed by atoms with Crippen LogP contribution in [0.2, 0.25) is 0 Å². The first kappa shape index (κ1) is 14.1. The third-order valence-electron chi connectivity index (χ3n) is 4.22. The summed E-state index contributed by atoms with van der Waals surface area (Å²) in [7, 11) is 0. The second-order valence-corrected chi connectivity index (χ2v) is 5.63. The van der Waals surface area contributed by atoms with E-state index in [1.807, 2.05) is 32.0 Å². The van der Waals surface area contributed by atoms with Crippen molar-refractivity contribution in [2.75, 3.05) is 6.54 Å². The summed E-state index contributed by atoms with van der Waals surface area (Å²) in [5.41, 5.74) is 2.98. The van der Waals surface area contributed by atoms with Gasteiger partial charge < -0.3 is 10.4 Å². The summed E-state index contributed by atoms with van der Waals surface area (Å²) in [4.78, 5) is 12.2. The molecular formula is C16H23NO2. The Bertz CT molecular complexity index is 448. The van der Waals surface area contributed by atoms with Crippen molar-refractivity contribution in [1.82, 2.24) is 5.32 Å². The van der Waals surface area contributed by atoms with Crippen molar-refractivity contribution < 1.29 is 9.90 Å². The van der Waals surface area contributed by atoms with Crippen LogP contribution in [0.4, 0.5) is 0 Å². The molecule has 0 radical (unpaired) electrons. The van der Waals surface area contributed by atoms with Crippen molar-refractivity contribution in [3.63, 3.8) is 0 Å². The van der Waals surface area contributed by atoms with E-state index in [0.717, 1.165) is 48.9 Å². The minimum atomic E-state index is -0.133. The number of carbonyl (C=O) groups is 1. The summed E-state index contributed by atoms with van der Waals surface area (Å²) in [6, 6.07) is 5.82. The van der Waals surface area contributed by atoms with Gasteiger partial charge in [0.05, 0.1) is 6.10 Å². The van der Waals surface area contributed by atoms with Gasteiger partial charge in [0.25, 0.3) is 5.91 Å². The van der Waals surface area contributed by atoms with Crippen LogP contribution in [0.5, 0.6) is 0 Å². The molecule has 104 valence electrons. The predicted octanol–water partition coefficient (Wildman–Crippen LogP) is 2.58. The molecule has 0 spiro atoms. The Labute approximate surface area is 115 Å². The highest BCUT2D eigenvalue weighted by Gasteiger charge is 2.20. The smallest absolute Gasteiger partial charge is 0.251 e. The van der Waals surface area contributed by atoms with Gasteiger partial charge in [-0.3, -0.25) is 4.79 Å². The lowest BCUT2D eigenvalue weighted by atomic mass is 9.87. The summed E-state index contributed by atoms with van der Waals surface area (Å²) < 4.78 is 0. The van der Waals surface area contributed by atoms with Gasteiger partial charge in [-0.05, 0) is 62.6 Å². The quantitative estimate of drug-likeness (QED) is 0.878. The average molecular weight is 261 g/mol. The van der Waals surface area contributed by atoms with Crippen molar-refractivity contribution in [3.8, 4) is 0 Å². The number of carbonyl (C=O) groups excluding carboxylic acids is 1. The summed E-state index contributed by atoms with van der Waals surface area (Å²) in [6.07, 6.45) is 3.61. The number of aliphatic hydroxyl groups excluding tert-OH is 1. The van der Waals surface area contributed by atoms with Crippen LogP contribution in [0, 0.1) is 19.8 Å². The molecule has 0 heterocycles. The van der Waals surface area contributed by atoms with Crippen LogP contribution < -0.4 is 5.32 Å². The molecule has 1 aromatic rings. The molecule has 0 saturated heterocycles. The van der Waals surface area contributed by atoms with Crippen LogP contribution in [0.3, 0.4) is 0 Å². The molecule has 3 nitrogen and oxygen atoms in total. The summed E-state index contributed by atoms with van der Waals surface area (Å²) in [5.74, 6) is 0.532. The van der Waals surface area contributed by atoms with E-state index in [0.29, 0.717) is 5.92 Å². The Morgan fingerprint density at radius 3 is 2.63 bits per heavy atom. The molecule has 19 heavy (non-hydrogen) atoms. The Morgan fingerprint density at radius 2 is 1.95 bits per heavy atom. The maximum Gasteiger partial charge on any atom is 0.251 e. The Morgan fingerprint density at radius 1 is 1.26 bits per heavy atom. The van der Waals surface area contributed by atoms with Crippen LogP contribution in [-0.4, -0.2) is 23.7 Å². The molecule has 2 N–H and O–H groups in total. The summed E-state index contributed by atoms with van der Waals surface area (Å²) in [6.45, 7) is 4.73. The normalized spacial score (nSPS) is 23.1. The van der Waals surface area contributed by atoms with Gasteiger partial charge in [-0.1, -0.05) is 12.1 Å². The minimum absolute atomic E-state index is 0.0207. The van der Waals surface area contributed by atoms with E-state index in [1.54, 1.807) is 0 Å². The van der Waals surface area contributed by atoms with Gasteiger partial charge in [0.2, 0.25) is 0 Å². The van der Waals surface area contributed by atoms with Crippen molar-refractivity contribution >= 4 is 5.91 Å². The maximum atomic E-state index is 12.2. The van der Waals surface area contributed by atoms with E-state index in [2.05, 4.69) is 5.32 Å². The molecule has 0 bridgehead atoms. The largest absolute Gasteiger partial charge is 0.393 e. The molecular weight excluding hydrogens is 238 g/mol. The molecule has 0 aromatic heterocycles. The highest BCUT2D eigenvalue weighted by atomic mass is 16.3. The highest BCUT2D eigenvalue weighted by Crippen LogP contribution is 2.23. The van der Waals surface area contributed by atoms with Gasteiger partial charge in [-0.15, -0.1) is 0 Å². The third-order valence-corrected chi connectivity index (χ3v) is 4.22. The fourth-order valence-electron chi connectivity index (χ4n) is 2.68. The molecule has 1 aliphatic rings. The number of amides is 1. The number of aryl methyl sites for hydroxylation is 1. The highest BCUT2D eigenvalue weighted by molar-refractivity contribution is 5.95. The van der Waals surface area contributed by atoms with Gasteiger partial charge in [0.1, 0.15) is 0 Å². The van der Waals surface area contributed by atoms with E-state index in [9.17, 15) is 9.90 Å². The monoisotopic (exact) mass is 261 g/mol. The van der Waals surface area contributed by atoms with Gasteiger partial charge >= 0.3 is 0 Å². The van der Waals surface area contributed by atoms with E-state index in [4.69, 9.17) is 0 Å². The molecule has 0 unspecified atom stereocenters. The van der Waals surface area contributed by atoms with Crippen molar-refractivity contribution in [1.29, 1.82) is 0 Å². The zero-order valence-electron chi connectivity index (χ0n) is 11.8. The topological polar surface area (TPSA) is 49.3 Å². The SMILES string of the molecule is Cc1cccc(C(=O)NCC2CCC(O)CC2)c1C. The van der Waals surface area contributed by atoms with Crippen LogP contribution in [-0.2, 0) is 0 Å². The second kappa shape index (κ2) is 6.20. The van der Waals surface area contributed by atoms with Crippen LogP contribution in [0.1, 0.15) is 47.2 Å². The molecule has 3 heteroatoms. The predicted molar refractivity (Wildman–Crippen MR) is 76.2 cm³/mol. The number of rotatable bonds is 3. The number of nitrogens with one attached hydrogen (secondary N) is 1. The number of hydrogen-bond acceptors (Lipinski definition) is 2. The third kappa shape index (κ3) is 3.57. The average Bonchev–Trinajstić information content (AvgIpc) is 2.41. The van der Waals surface area contributed by atoms with E-state index in [1.165, 1.54) is 0 Å². The molecule has 1 saturated carbocycles. The molecule has 0 atom stereocenters. The van der Waals surface area contributed by atoms with Gasteiger partial charge in [-0.25, -0.2) is 0 Å². The first-order valence-electron chi connectivity index (χ1n) is 7.10. The van der Waals surface area contributed by atoms with Crippen LogP contribution >= 0.6 is 0 Å². The lowest BCUT2D eigenvalue weighted by Crippen LogP contribution is -2.32. The summed E-state index contributed by atoms with van der Waals surface area (Å²) in [5, 5.41) is 12.5. The molecule has 1 aromatic carbocycles. The van der Waals surface area contributed by atoms with Gasteiger partial charge in [0.15, 0.2) is 0 Å². The van der Waals surface area contributed by atoms with E-state index in [-0.39, 0.29) is 12.0 Å². The molecule has 2 rings (SSSR count). The van der Waals surface area contributed by atoms with Crippen LogP contribution in [0.15, 0.2) is 18.2 Å². The number of hydrogen-bond donors (Lipinski definition) is 2. The molecule has 1 aliphatic carbocycles. The van der Waals surface area contributed by atoms with Crippen molar-refractivity contribution in [2.24, 2.45) is 5.92 Å². The fourth-order valence-corrected chi connectivity index (χ4v) is 2.68. The summed E-state index contributed by atoms with van der Waals surface area (Å²) >= 11 is 0. The zero-order chi connectivity index (χ0) is 13.8. The molecule has 1 amide bonds. The lowest BCUT2D eigenvalue weighted by Gasteiger charge is -2.25. The van der Waals surface area contributed by atoms with Crippen LogP contribution in [0.25, 0.3) is 0 Å². The Balaban J connectivity index is 1.89. The Kier molecular flexibility index (Phi) is 4.59. The van der Waals surface area contributed by atoms with Gasteiger partial charge in [0, 0.05) is 12.1 Å². The van der Waals surface area contributed by atoms with E-state index < -0.39 is 0 Å². The molecule has 1 fully saturated rings. The lowest BCUT2D eigenvalue weighted by molar-refractivity contribution is 0.0909. The zero-order valence-corrected chi connectivity index (χ0v) is 11.8. The first-order valence-corrected chi connectivity index (χ1v) is 7.10. The number of aliphatic hydroxyl groups is 1. The van der Waals surface area contributed by atoms with E-state index >= 15 is 0 Å². The molecule has 0 aliphatic heterocycles. The fraction of sp³-hybridized carbons (Fsp3) is 0.562. The Hall–Kier alpha value is -1.35. The standard InChI is InChI=1S/C16H23NO2/c1-11-4-3-5-15(12(11)2)16(19)17-10-13-6-8-14(18)9-7-13/h3-5,13-14,18H,6-10H2,1-2H3,(H,17,19). The minimum Gasteiger partial charge on any atom is -0.393 e. The van der Waals surface area contributed by atoms with Gasteiger partial charge in [-0.2, -0.15) is 0 Å². The van der Waals surface area contributed by atoms with Crippen molar-refractivity contribution in [3.05, 3.63) is 34.9 Å².